The highest BCUT2D eigenvalue weighted by Crippen LogP contribution is 2.35. The van der Waals surface area contributed by atoms with Crippen molar-refractivity contribution in [3.63, 3.8) is 0 Å². The Kier molecular flexibility index (Phi) is 3.52. The van der Waals surface area contributed by atoms with Crippen LogP contribution in [0, 0.1) is 19.7 Å². The molecule has 0 saturated heterocycles. The maximum Gasteiger partial charge on any atom is 0.130 e. The van der Waals surface area contributed by atoms with E-state index in [0.29, 0.717) is 0 Å². The lowest BCUT2D eigenvalue weighted by Gasteiger charge is -2.13. The van der Waals surface area contributed by atoms with E-state index in [0.717, 1.165) is 15.3 Å². The quantitative estimate of drug-likeness (QED) is 0.865. The number of rotatable bonds is 2. The summed E-state index contributed by atoms with van der Waals surface area (Å²) in [5, 5.41) is 10.5. The first kappa shape index (κ1) is 12.6. The minimum absolute atomic E-state index is 0.152. The molecule has 1 nitrogen and oxygen atoms in total. The molecule has 0 radical (unpaired) electrons. The number of benzene rings is 1. The fraction of sp³-hybridized carbons (Fsp3) is 0.231. The Morgan fingerprint density at radius 1 is 1.35 bits per heavy atom. The molecule has 0 aliphatic rings. The van der Waals surface area contributed by atoms with E-state index >= 15 is 0 Å². The largest absolute Gasteiger partial charge is 0.383 e. The minimum atomic E-state index is -0.998. The van der Waals surface area contributed by atoms with Crippen molar-refractivity contribution in [2.24, 2.45) is 0 Å². The van der Waals surface area contributed by atoms with Crippen LogP contribution in [-0.2, 0) is 0 Å². The first-order valence-corrected chi connectivity index (χ1v) is 6.39. The number of halogens is 2. The van der Waals surface area contributed by atoms with Crippen LogP contribution in [-0.4, -0.2) is 5.11 Å². The average molecular weight is 271 g/mol. The summed E-state index contributed by atoms with van der Waals surface area (Å²) < 4.78 is 13.7. The molecule has 0 aliphatic heterocycles. The lowest BCUT2D eigenvalue weighted by molar-refractivity contribution is 0.218. The van der Waals surface area contributed by atoms with E-state index in [-0.39, 0.29) is 10.6 Å². The standard InChI is InChI=1S/C13H12ClFOS/c1-7-6-8(2)17-13(7)12(16)11-9(14)4-3-5-10(11)15/h3-6,12,16H,1-2H3. The van der Waals surface area contributed by atoms with Crippen molar-refractivity contribution in [3.8, 4) is 0 Å². The lowest BCUT2D eigenvalue weighted by atomic mass is 10.1. The molecule has 1 aromatic carbocycles. The zero-order valence-corrected chi connectivity index (χ0v) is 11.1. The molecule has 0 spiro atoms. The van der Waals surface area contributed by atoms with Gasteiger partial charge in [0, 0.05) is 20.3 Å². The third-order valence-electron chi connectivity index (χ3n) is 2.60. The fourth-order valence-electron chi connectivity index (χ4n) is 1.83. The fourth-order valence-corrected chi connectivity index (χ4v) is 3.13. The van der Waals surface area contributed by atoms with Gasteiger partial charge in [0.2, 0.25) is 0 Å². The van der Waals surface area contributed by atoms with Gasteiger partial charge in [0.05, 0.1) is 0 Å². The van der Waals surface area contributed by atoms with Crippen molar-refractivity contribution < 1.29 is 9.50 Å². The monoisotopic (exact) mass is 270 g/mol. The number of aryl methyl sites for hydroxylation is 2. The summed E-state index contributed by atoms with van der Waals surface area (Å²) in [6.07, 6.45) is -0.998. The predicted octanol–water partition coefficient (Wildman–Crippen LogP) is 4.24. The van der Waals surface area contributed by atoms with E-state index in [4.69, 9.17) is 11.6 Å². The van der Waals surface area contributed by atoms with Crippen LogP contribution < -0.4 is 0 Å². The highest BCUT2D eigenvalue weighted by Gasteiger charge is 2.21. The van der Waals surface area contributed by atoms with E-state index in [2.05, 4.69) is 0 Å². The van der Waals surface area contributed by atoms with E-state index in [1.165, 1.54) is 23.5 Å². The van der Waals surface area contributed by atoms with Gasteiger partial charge >= 0.3 is 0 Å². The lowest BCUT2D eigenvalue weighted by Crippen LogP contribution is -2.02. The predicted molar refractivity (Wildman–Crippen MR) is 69.3 cm³/mol. The summed E-state index contributed by atoms with van der Waals surface area (Å²) in [6, 6.07) is 6.39. The Balaban J connectivity index is 2.51. The molecule has 90 valence electrons. The SMILES string of the molecule is Cc1cc(C)c(C(O)c2c(F)cccc2Cl)s1. The first-order chi connectivity index (χ1) is 8.00. The number of aliphatic hydroxyl groups excluding tert-OH is 1. The number of thiophene rings is 1. The van der Waals surface area contributed by atoms with Crippen molar-refractivity contribution >= 4 is 22.9 Å². The Hall–Kier alpha value is -0.900. The maximum atomic E-state index is 13.7. The Bertz CT molecular complexity index is 530. The van der Waals surface area contributed by atoms with Crippen LogP contribution in [0.1, 0.15) is 27.0 Å². The second-order valence-electron chi connectivity index (χ2n) is 3.94. The number of aliphatic hydroxyl groups is 1. The molecule has 1 N–H and O–H groups in total. The van der Waals surface area contributed by atoms with Crippen LogP contribution in [0.2, 0.25) is 5.02 Å². The van der Waals surface area contributed by atoms with Crippen LogP contribution in [0.3, 0.4) is 0 Å². The van der Waals surface area contributed by atoms with E-state index < -0.39 is 11.9 Å². The summed E-state index contributed by atoms with van der Waals surface area (Å²) in [5.74, 6) is -0.476. The van der Waals surface area contributed by atoms with Crippen LogP contribution in [0.25, 0.3) is 0 Å². The van der Waals surface area contributed by atoms with E-state index in [9.17, 15) is 9.50 Å². The summed E-state index contributed by atoms with van der Waals surface area (Å²) >= 11 is 7.40. The average Bonchev–Trinajstić information content (AvgIpc) is 2.57. The molecule has 0 saturated carbocycles. The number of hydrogen-bond acceptors (Lipinski definition) is 2. The molecule has 2 aromatic rings. The van der Waals surface area contributed by atoms with Gasteiger partial charge in [0.15, 0.2) is 0 Å². The Morgan fingerprint density at radius 3 is 2.59 bits per heavy atom. The Morgan fingerprint density at radius 2 is 2.06 bits per heavy atom. The van der Waals surface area contributed by atoms with Gasteiger partial charge < -0.3 is 5.11 Å². The molecule has 1 atom stereocenters. The molecular formula is C13H12ClFOS. The second kappa shape index (κ2) is 4.77. The van der Waals surface area contributed by atoms with Gasteiger partial charge in [-0.05, 0) is 37.6 Å². The number of hydrogen-bond donors (Lipinski definition) is 1. The van der Waals surface area contributed by atoms with Gasteiger partial charge in [0.1, 0.15) is 11.9 Å². The van der Waals surface area contributed by atoms with Gasteiger partial charge in [-0.3, -0.25) is 0 Å². The molecule has 2 rings (SSSR count). The smallest absolute Gasteiger partial charge is 0.130 e. The molecule has 1 unspecified atom stereocenters. The third-order valence-corrected chi connectivity index (χ3v) is 4.14. The van der Waals surface area contributed by atoms with Crippen molar-refractivity contribution in [2.45, 2.75) is 20.0 Å². The molecule has 0 aliphatic carbocycles. The van der Waals surface area contributed by atoms with Gasteiger partial charge in [-0.1, -0.05) is 17.7 Å². The van der Waals surface area contributed by atoms with Gasteiger partial charge in [-0.15, -0.1) is 11.3 Å². The van der Waals surface area contributed by atoms with Gasteiger partial charge in [-0.25, -0.2) is 4.39 Å². The first-order valence-electron chi connectivity index (χ1n) is 5.19. The highest BCUT2D eigenvalue weighted by atomic mass is 35.5. The minimum Gasteiger partial charge on any atom is -0.383 e. The topological polar surface area (TPSA) is 20.2 Å². The van der Waals surface area contributed by atoms with Crippen LogP contribution in [0.4, 0.5) is 4.39 Å². The molecule has 1 heterocycles. The van der Waals surface area contributed by atoms with Gasteiger partial charge in [-0.2, -0.15) is 0 Å². The van der Waals surface area contributed by atoms with Crippen molar-refractivity contribution in [1.82, 2.24) is 0 Å². The van der Waals surface area contributed by atoms with Crippen molar-refractivity contribution in [1.29, 1.82) is 0 Å². The van der Waals surface area contributed by atoms with Crippen LogP contribution >= 0.6 is 22.9 Å². The third kappa shape index (κ3) is 2.37. The van der Waals surface area contributed by atoms with Crippen LogP contribution in [0.5, 0.6) is 0 Å². The van der Waals surface area contributed by atoms with E-state index in [1.807, 2.05) is 19.9 Å². The van der Waals surface area contributed by atoms with Crippen molar-refractivity contribution in [2.75, 3.05) is 0 Å². The zero-order valence-electron chi connectivity index (χ0n) is 9.50. The highest BCUT2D eigenvalue weighted by molar-refractivity contribution is 7.12. The normalized spacial score (nSPS) is 12.8. The van der Waals surface area contributed by atoms with E-state index in [1.54, 1.807) is 6.07 Å². The van der Waals surface area contributed by atoms with Gasteiger partial charge in [0.25, 0.3) is 0 Å². The van der Waals surface area contributed by atoms with Crippen LogP contribution in [0.15, 0.2) is 24.3 Å². The molecule has 0 fully saturated rings. The summed E-state index contributed by atoms with van der Waals surface area (Å²) in [4.78, 5) is 1.83. The maximum absolute atomic E-state index is 13.7. The second-order valence-corrected chi connectivity index (χ2v) is 5.64. The molecule has 0 bridgehead atoms. The molecule has 4 heteroatoms. The molecular weight excluding hydrogens is 259 g/mol. The summed E-state index contributed by atoms with van der Waals surface area (Å²) in [5.41, 5.74) is 1.11. The molecule has 1 aromatic heterocycles. The Labute approximate surface area is 108 Å². The van der Waals surface area contributed by atoms with Crippen molar-refractivity contribution in [3.05, 3.63) is 56.0 Å². The summed E-state index contributed by atoms with van der Waals surface area (Å²) in [6.45, 7) is 3.85. The summed E-state index contributed by atoms with van der Waals surface area (Å²) in [7, 11) is 0. The molecule has 17 heavy (non-hydrogen) atoms. The zero-order chi connectivity index (χ0) is 12.6. The molecule has 0 amide bonds.